The lowest BCUT2D eigenvalue weighted by Crippen LogP contribution is -2.50. The molecule has 1 aliphatic carbocycles. The Bertz CT molecular complexity index is 748. The average molecular weight is 441 g/mol. The van der Waals surface area contributed by atoms with Gasteiger partial charge >= 0.3 is 0 Å². The Morgan fingerprint density at radius 2 is 1.93 bits per heavy atom. The van der Waals surface area contributed by atoms with E-state index in [2.05, 4.69) is 14.7 Å². The summed E-state index contributed by atoms with van der Waals surface area (Å²) in [4.78, 5) is 18.5. The SMILES string of the molecule is NC(=O)C1SC=CN1C1CC(CCN2CCN(c3cccc(Cl)c3Cl)CC2)C1. The molecule has 0 aromatic heterocycles. The second-order valence-corrected chi connectivity index (χ2v) is 9.58. The van der Waals surface area contributed by atoms with Crippen LogP contribution in [0.25, 0.3) is 0 Å². The van der Waals surface area contributed by atoms with Crippen LogP contribution in [0.5, 0.6) is 0 Å². The number of piperazine rings is 1. The number of rotatable bonds is 6. The first-order valence-corrected chi connectivity index (χ1v) is 11.5. The van der Waals surface area contributed by atoms with Crippen molar-refractivity contribution in [2.75, 3.05) is 37.6 Å². The van der Waals surface area contributed by atoms with Crippen LogP contribution in [0, 0.1) is 5.92 Å². The van der Waals surface area contributed by atoms with Gasteiger partial charge in [-0.1, -0.05) is 41.0 Å². The molecule has 8 heteroatoms. The number of nitrogens with zero attached hydrogens (tertiary/aromatic N) is 3. The largest absolute Gasteiger partial charge is 0.368 e. The second-order valence-electron chi connectivity index (χ2n) is 7.80. The summed E-state index contributed by atoms with van der Waals surface area (Å²) in [5.74, 6) is 0.508. The molecule has 28 heavy (non-hydrogen) atoms. The number of hydrogen-bond donors (Lipinski definition) is 1. The fourth-order valence-corrected chi connectivity index (χ4v) is 5.64. The number of benzene rings is 1. The van der Waals surface area contributed by atoms with Crippen molar-refractivity contribution >= 4 is 46.6 Å². The number of hydrogen-bond acceptors (Lipinski definition) is 5. The number of amides is 1. The van der Waals surface area contributed by atoms with Crippen LogP contribution in [-0.4, -0.2) is 59.8 Å². The molecule has 1 aromatic carbocycles. The standard InChI is InChI=1S/C20H26Cl2N4OS/c21-16-2-1-3-17(18(16)22)25-8-6-24(7-9-25)5-4-14-12-15(13-14)26-10-11-28-20(26)19(23)27/h1-3,10-11,14-15,20H,4-9,12-13H2,(H2,23,27). The first-order valence-electron chi connectivity index (χ1n) is 9.83. The van der Waals surface area contributed by atoms with Gasteiger partial charge in [0.05, 0.1) is 15.7 Å². The van der Waals surface area contributed by atoms with Crippen LogP contribution in [0.1, 0.15) is 19.3 Å². The molecular formula is C20H26Cl2N4OS. The molecule has 2 heterocycles. The van der Waals surface area contributed by atoms with Crippen LogP contribution >= 0.6 is 35.0 Å². The molecule has 4 rings (SSSR count). The third-order valence-electron chi connectivity index (χ3n) is 6.08. The number of halogens is 2. The van der Waals surface area contributed by atoms with Crippen molar-refractivity contribution in [3.63, 3.8) is 0 Å². The van der Waals surface area contributed by atoms with Crippen LogP contribution in [-0.2, 0) is 4.79 Å². The van der Waals surface area contributed by atoms with Gasteiger partial charge in [0, 0.05) is 38.4 Å². The van der Waals surface area contributed by atoms with Gasteiger partial charge in [-0.2, -0.15) is 0 Å². The van der Waals surface area contributed by atoms with Gasteiger partial charge in [0.2, 0.25) is 0 Å². The van der Waals surface area contributed by atoms with E-state index in [4.69, 9.17) is 28.9 Å². The normalized spacial score (nSPS) is 27.9. The Balaban J connectivity index is 1.18. The molecule has 0 spiro atoms. The lowest BCUT2D eigenvalue weighted by molar-refractivity contribution is -0.120. The molecule has 152 valence electrons. The maximum Gasteiger partial charge on any atom is 0.250 e. The van der Waals surface area contributed by atoms with Crippen molar-refractivity contribution in [2.45, 2.75) is 30.7 Å². The molecule has 1 unspecified atom stereocenters. The maximum absolute atomic E-state index is 11.5. The number of carbonyl (C=O) groups excluding carboxylic acids is 1. The molecule has 1 atom stereocenters. The van der Waals surface area contributed by atoms with E-state index in [1.54, 1.807) is 0 Å². The number of carbonyl (C=O) groups is 1. The molecule has 2 fully saturated rings. The van der Waals surface area contributed by atoms with E-state index >= 15 is 0 Å². The number of nitrogens with two attached hydrogens (primary N) is 1. The summed E-state index contributed by atoms with van der Waals surface area (Å²) < 4.78 is 0. The number of primary amides is 1. The third kappa shape index (κ3) is 4.25. The van der Waals surface area contributed by atoms with Crippen molar-refractivity contribution in [1.29, 1.82) is 0 Å². The fourth-order valence-electron chi connectivity index (χ4n) is 4.35. The topological polar surface area (TPSA) is 52.8 Å². The maximum atomic E-state index is 11.5. The smallest absolute Gasteiger partial charge is 0.250 e. The van der Waals surface area contributed by atoms with Gasteiger partial charge in [-0.3, -0.25) is 9.69 Å². The third-order valence-corrected chi connectivity index (χ3v) is 7.91. The van der Waals surface area contributed by atoms with Gasteiger partial charge in [-0.15, -0.1) is 0 Å². The lowest BCUT2D eigenvalue weighted by Gasteiger charge is -2.44. The monoisotopic (exact) mass is 440 g/mol. The summed E-state index contributed by atoms with van der Waals surface area (Å²) in [6, 6.07) is 6.30. The highest BCUT2D eigenvalue weighted by atomic mass is 35.5. The van der Waals surface area contributed by atoms with Crippen LogP contribution < -0.4 is 10.6 Å². The van der Waals surface area contributed by atoms with E-state index < -0.39 is 0 Å². The van der Waals surface area contributed by atoms with Crippen LogP contribution in [0.2, 0.25) is 10.0 Å². The number of thioether (sulfide) groups is 1. The molecular weight excluding hydrogens is 415 g/mol. The zero-order valence-electron chi connectivity index (χ0n) is 15.8. The van der Waals surface area contributed by atoms with E-state index in [9.17, 15) is 4.79 Å². The van der Waals surface area contributed by atoms with Gasteiger partial charge in [-0.25, -0.2) is 0 Å². The molecule has 5 nitrogen and oxygen atoms in total. The van der Waals surface area contributed by atoms with Gasteiger partial charge in [0.1, 0.15) is 0 Å². The molecule has 0 radical (unpaired) electrons. The Hall–Kier alpha value is -1.08. The van der Waals surface area contributed by atoms with Gasteiger partial charge in [-0.05, 0) is 49.3 Å². The van der Waals surface area contributed by atoms with E-state index in [1.807, 2.05) is 29.8 Å². The van der Waals surface area contributed by atoms with E-state index in [0.717, 1.165) is 57.2 Å². The van der Waals surface area contributed by atoms with Crippen LogP contribution in [0.4, 0.5) is 5.69 Å². The van der Waals surface area contributed by atoms with Gasteiger partial charge in [0.15, 0.2) is 5.37 Å². The molecule has 1 aromatic rings. The Morgan fingerprint density at radius 1 is 1.18 bits per heavy atom. The first kappa shape index (κ1) is 20.2. The van der Waals surface area contributed by atoms with Crippen molar-refractivity contribution in [3.05, 3.63) is 39.9 Å². The van der Waals surface area contributed by atoms with Gasteiger partial charge < -0.3 is 15.5 Å². The highest BCUT2D eigenvalue weighted by Crippen LogP contribution is 2.40. The Kier molecular flexibility index (Phi) is 6.30. The molecule has 1 saturated heterocycles. The van der Waals surface area contributed by atoms with E-state index in [1.165, 1.54) is 18.2 Å². The van der Waals surface area contributed by atoms with Crippen molar-refractivity contribution < 1.29 is 4.79 Å². The summed E-state index contributed by atoms with van der Waals surface area (Å²) >= 11 is 14.0. The lowest BCUT2D eigenvalue weighted by atomic mass is 9.77. The summed E-state index contributed by atoms with van der Waals surface area (Å²) in [5.41, 5.74) is 6.54. The molecule has 1 amide bonds. The predicted molar refractivity (Wildman–Crippen MR) is 118 cm³/mol. The van der Waals surface area contributed by atoms with Gasteiger partial charge in [0.25, 0.3) is 5.91 Å². The molecule has 2 aliphatic heterocycles. The highest BCUT2D eigenvalue weighted by molar-refractivity contribution is 8.03. The molecule has 0 bridgehead atoms. The average Bonchev–Trinajstić information content (AvgIpc) is 3.13. The van der Waals surface area contributed by atoms with E-state index in [-0.39, 0.29) is 11.3 Å². The minimum absolute atomic E-state index is 0.211. The molecule has 3 aliphatic rings. The zero-order valence-corrected chi connectivity index (χ0v) is 18.1. The Labute approximate surface area is 180 Å². The minimum Gasteiger partial charge on any atom is -0.368 e. The number of anilines is 1. The predicted octanol–water partition coefficient (Wildman–Crippen LogP) is 3.62. The van der Waals surface area contributed by atoms with Crippen LogP contribution in [0.3, 0.4) is 0 Å². The van der Waals surface area contributed by atoms with Crippen LogP contribution in [0.15, 0.2) is 29.8 Å². The zero-order chi connectivity index (χ0) is 19.7. The summed E-state index contributed by atoms with van der Waals surface area (Å²) in [7, 11) is 0. The fraction of sp³-hybridized carbons (Fsp3) is 0.550. The van der Waals surface area contributed by atoms with E-state index in [0.29, 0.717) is 16.1 Å². The first-order chi connectivity index (χ1) is 13.5. The van der Waals surface area contributed by atoms with Crippen molar-refractivity contribution in [2.24, 2.45) is 11.7 Å². The summed E-state index contributed by atoms with van der Waals surface area (Å²) in [6.07, 6.45) is 5.57. The highest BCUT2D eigenvalue weighted by Gasteiger charge is 2.38. The second kappa shape index (κ2) is 8.74. The molecule has 2 N–H and O–H groups in total. The quantitative estimate of drug-likeness (QED) is 0.731. The van der Waals surface area contributed by atoms with Crippen molar-refractivity contribution in [3.8, 4) is 0 Å². The Morgan fingerprint density at radius 3 is 2.64 bits per heavy atom. The molecule has 1 saturated carbocycles. The summed E-state index contributed by atoms with van der Waals surface area (Å²) in [5, 5.41) is 3.04. The van der Waals surface area contributed by atoms with Crippen molar-refractivity contribution in [1.82, 2.24) is 9.80 Å². The summed E-state index contributed by atoms with van der Waals surface area (Å²) in [6.45, 7) is 5.19. The minimum atomic E-state index is -0.240.